The van der Waals surface area contributed by atoms with Crippen LogP contribution in [0.2, 0.25) is 5.02 Å². The molecule has 2 aliphatic rings. The van der Waals surface area contributed by atoms with E-state index in [0.717, 1.165) is 12.0 Å². The van der Waals surface area contributed by atoms with E-state index in [1.807, 2.05) is 12.1 Å². The molecular formula is C20H24ClNO5. The molecule has 1 saturated carbocycles. The second kappa shape index (κ2) is 8.30. The van der Waals surface area contributed by atoms with Gasteiger partial charge in [-0.25, -0.2) is 0 Å². The Kier molecular flexibility index (Phi) is 6.05. The van der Waals surface area contributed by atoms with Crippen LogP contribution in [-0.2, 0) is 29.3 Å². The van der Waals surface area contributed by atoms with Crippen molar-refractivity contribution < 1.29 is 23.9 Å². The Morgan fingerprint density at radius 2 is 1.78 bits per heavy atom. The number of piperidine rings is 1. The summed E-state index contributed by atoms with van der Waals surface area (Å²) in [5.41, 5.74) is 0.220. The molecule has 1 aliphatic carbocycles. The van der Waals surface area contributed by atoms with Gasteiger partial charge in [-0.05, 0) is 43.4 Å². The zero-order valence-electron chi connectivity index (χ0n) is 15.4. The number of hydrogen-bond acceptors (Lipinski definition) is 5. The minimum Gasteiger partial charge on any atom is -0.469 e. The van der Waals surface area contributed by atoms with Gasteiger partial charge in [-0.1, -0.05) is 30.2 Å². The molecule has 1 heterocycles. The van der Waals surface area contributed by atoms with Gasteiger partial charge in [0.1, 0.15) is 0 Å². The average Bonchev–Trinajstić information content (AvgIpc) is 2.66. The fourth-order valence-corrected chi connectivity index (χ4v) is 3.92. The van der Waals surface area contributed by atoms with E-state index in [2.05, 4.69) is 0 Å². The standard InChI is InChI=1S/C20H24ClNO5/c1-26-18(24)14-7-11-22(12-8-14)17(23)13-27-19(25)20(9-2-10-20)15-3-5-16(21)6-4-15/h3-6,14H,2,7-13H2,1H3. The number of ether oxygens (including phenoxy) is 2. The third-order valence-corrected chi connectivity index (χ3v) is 5.96. The van der Waals surface area contributed by atoms with Crippen LogP contribution < -0.4 is 0 Å². The lowest BCUT2D eigenvalue weighted by Gasteiger charge is -2.39. The van der Waals surface area contributed by atoms with Gasteiger partial charge in [0.25, 0.3) is 5.91 Å². The summed E-state index contributed by atoms with van der Waals surface area (Å²) in [6, 6.07) is 7.23. The summed E-state index contributed by atoms with van der Waals surface area (Å²) in [4.78, 5) is 38.3. The van der Waals surface area contributed by atoms with E-state index in [4.69, 9.17) is 21.1 Å². The highest BCUT2D eigenvalue weighted by Gasteiger charge is 2.47. The van der Waals surface area contributed by atoms with Gasteiger partial charge in [0.05, 0.1) is 18.4 Å². The highest BCUT2D eigenvalue weighted by atomic mass is 35.5. The van der Waals surface area contributed by atoms with Crippen LogP contribution in [0.15, 0.2) is 24.3 Å². The smallest absolute Gasteiger partial charge is 0.317 e. The molecule has 7 heteroatoms. The first kappa shape index (κ1) is 19.7. The van der Waals surface area contributed by atoms with Crippen LogP contribution >= 0.6 is 11.6 Å². The van der Waals surface area contributed by atoms with Gasteiger partial charge in [0, 0.05) is 18.1 Å². The molecule has 3 rings (SSSR count). The Bertz CT molecular complexity index is 706. The number of carbonyl (C=O) groups excluding carboxylic acids is 3. The van der Waals surface area contributed by atoms with Gasteiger partial charge in [-0.2, -0.15) is 0 Å². The van der Waals surface area contributed by atoms with Crippen molar-refractivity contribution in [3.8, 4) is 0 Å². The zero-order chi connectivity index (χ0) is 19.4. The minimum absolute atomic E-state index is 0.162. The monoisotopic (exact) mass is 393 g/mol. The van der Waals surface area contributed by atoms with Crippen LogP contribution in [0.4, 0.5) is 0 Å². The molecular weight excluding hydrogens is 370 g/mol. The summed E-state index contributed by atoms with van der Waals surface area (Å²) in [6.45, 7) is 0.675. The van der Waals surface area contributed by atoms with E-state index in [9.17, 15) is 14.4 Å². The van der Waals surface area contributed by atoms with Gasteiger partial charge in [0.15, 0.2) is 6.61 Å². The molecule has 2 fully saturated rings. The summed E-state index contributed by atoms with van der Waals surface area (Å²) in [5, 5.41) is 0.618. The number of esters is 2. The van der Waals surface area contributed by atoms with E-state index in [1.54, 1.807) is 17.0 Å². The van der Waals surface area contributed by atoms with Gasteiger partial charge < -0.3 is 14.4 Å². The number of nitrogens with zero attached hydrogens (tertiary/aromatic N) is 1. The van der Waals surface area contributed by atoms with Crippen molar-refractivity contribution in [2.45, 2.75) is 37.5 Å². The maximum atomic E-state index is 12.7. The number of likely N-dealkylation sites (tertiary alicyclic amines) is 1. The first-order chi connectivity index (χ1) is 13.0. The van der Waals surface area contributed by atoms with Crippen molar-refractivity contribution in [2.24, 2.45) is 5.92 Å². The van der Waals surface area contributed by atoms with Crippen molar-refractivity contribution in [3.05, 3.63) is 34.9 Å². The van der Waals surface area contributed by atoms with Crippen LogP contribution in [0.1, 0.15) is 37.7 Å². The van der Waals surface area contributed by atoms with E-state index >= 15 is 0 Å². The van der Waals surface area contributed by atoms with E-state index in [-0.39, 0.29) is 30.4 Å². The molecule has 0 aromatic heterocycles. The summed E-state index contributed by atoms with van der Waals surface area (Å²) < 4.78 is 10.1. The van der Waals surface area contributed by atoms with Crippen molar-refractivity contribution in [2.75, 3.05) is 26.8 Å². The fourth-order valence-electron chi connectivity index (χ4n) is 3.80. The first-order valence-corrected chi connectivity index (χ1v) is 9.63. The highest BCUT2D eigenvalue weighted by Crippen LogP contribution is 2.45. The fraction of sp³-hybridized carbons (Fsp3) is 0.550. The van der Waals surface area contributed by atoms with E-state index in [0.29, 0.717) is 43.8 Å². The van der Waals surface area contributed by atoms with E-state index in [1.165, 1.54) is 7.11 Å². The Balaban J connectivity index is 1.53. The topological polar surface area (TPSA) is 72.9 Å². The van der Waals surface area contributed by atoms with Crippen LogP contribution in [-0.4, -0.2) is 49.6 Å². The summed E-state index contributed by atoms with van der Waals surface area (Å²) >= 11 is 5.94. The molecule has 1 saturated heterocycles. The Morgan fingerprint density at radius 3 is 2.30 bits per heavy atom. The predicted molar refractivity (Wildman–Crippen MR) is 99.3 cm³/mol. The molecule has 0 unspecified atom stereocenters. The number of halogens is 1. The maximum Gasteiger partial charge on any atom is 0.317 e. The molecule has 0 N–H and O–H groups in total. The van der Waals surface area contributed by atoms with Crippen molar-refractivity contribution in [3.63, 3.8) is 0 Å². The molecule has 27 heavy (non-hydrogen) atoms. The van der Waals surface area contributed by atoms with Crippen molar-refractivity contribution >= 4 is 29.4 Å². The number of hydrogen-bond donors (Lipinski definition) is 0. The lowest BCUT2D eigenvalue weighted by atomic mass is 9.64. The molecule has 0 atom stereocenters. The lowest BCUT2D eigenvalue weighted by Crippen LogP contribution is -2.46. The normalized spacial score (nSPS) is 19.1. The molecule has 1 aromatic rings. The number of amides is 1. The highest BCUT2D eigenvalue weighted by molar-refractivity contribution is 6.30. The first-order valence-electron chi connectivity index (χ1n) is 9.25. The zero-order valence-corrected chi connectivity index (χ0v) is 16.2. The number of carbonyl (C=O) groups is 3. The Morgan fingerprint density at radius 1 is 1.15 bits per heavy atom. The van der Waals surface area contributed by atoms with Crippen LogP contribution in [0, 0.1) is 5.92 Å². The molecule has 0 spiro atoms. The summed E-state index contributed by atoms with van der Waals surface area (Å²) in [6.07, 6.45) is 3.52. The SMILES string of the molecule is COC(=O)C1CCN(C(=O)COC(=O)C2(c3ccc(Cl)cc3)CCC2)CC1. The minimum atomic E-state index is -0.664. The van der Waals surface area contributed by atoms with Gasteiger partial charge in [0.2, 0.25) is 0 Å². The Labute approximate surface area is 163 Å². The molecule has 0 bridgehead atoms. The molecule has 1 amide bonds. The molecule has 1 aromatic carbocycles. The quantitative estimate of drug-likeness (QED) is 0.719. The van der Waals surface area contributed by atoms with Gasteiger partial charge >= 0.3 is 11.9 Å². The number of benzene rings is 1. The van der Waals surface area contributed by atoms with Crippen LogP contribution in [0.5, 0.6) is 0 Å². The molecule has 6 nitrogen and oxygen atoms in total. The van der Waals surface area contributed by atoms with E-state index < -0.39 is 5.41 Å². The summed E-state index contributed by atoms with van der Waals surface area (Å²) in [7, 11) is 1.37. The maximum absolute atomic E-state index is 12.7. The predicted octanol–water partition coefficient (Wildman–Crippen LogP) is 2.72. The lowest BCUT2D eigenvalue weighted by molar-refractivity contribution is -0.161. The van der Waals surface area contributed by atoms with Crippen molar-refractivity contribution in [1.29, 1.82) is 0 Å². The third kappa shape index (κ3) is 4.10. The third-order valence-electron chi connectivity index (χ3n) is 5.70. The van der Waals surface area contributed by atoms with Gasteiger partial charge in [-0.15, -0.1) is 0 Å². The summed E-state index contributed by atoms with van der Waals surface area (Å²) in [5.74, 6) is -0.973. The average molecular weight is 394 g/mol. The molecule has 146 valence electrons. The Hall–Kier alpha value is -2.08. The van der Waals surface area contributed by atoms with Crippen LogP contribution in [0.25, 0.3) is 0 Å². The van der Waals surface area contributed by atoms with Gasteiger partial charge in [-0.3, -0.25) is 14.4 Å². The van der Waals surface area contributed by atoms with Crippen LogP contribution in [0.3, 0.4) is 0 Å². The van der Waals surface area contributed by atoms with Crippen molar-refractivity contribution in [1.82, 2.24) is 4.90 Å². The molecule has 1 aliphatic heterocycles. The largest absolute Gasteiger partial charge is 0.469 e. The second-order valence-corrected chi connectivity index (χ2v) is 7.63. The second-order valence-electron chi connectivity index (χ2n) is 7.20. The number of rotatable bonds is 5. The number of methoxy groups -OCH3 is 1. The molecule has 0 radical (unpaired) electrons.